The van der Waals surface area contributed by atoms with Gasteiger partial charge in [-0.1, -0.05) is 0 Å². The minimum Gasteiger partial charge on any atom is -0.504 e. The number of phenolic OH excluding ortho intramolecular Hbond substituents is 1. The van der Waals surface area contributed by atoms with Gasteiger partial charge in [0.05, 0.1) is 5.69 Å². The summed E-state index contributed by atoms with van der Waals surface area (Å²) in [5, 5.41) is 9.70. The molecule has 1 aromatic heterocycles. The van der Waals surface area contributed by atoms with E-state index in [4.69, 9.17) is 5.73 Å². The summed E-state index contributed by atoms with van der Waals surface area (Å²) in [5.74, 6) is -0.643. The van der Waals surface area contributed by atoms with E-state index in [9.17, 15) is 9.50 Å². The molecule has 0 bridgehead atoms. The third kappa shape index (κ3) is 1.07. The fourth-order valence-electron chi connectivity index (χ4n) is 1.21. The SMILES string of the molecule is Nc1cc(F)c2cccnc2c1O. The summed E-state index contributed by atoms with van der Waals surface area (Å²) < 4.78 is 13.2. The highest BCUT2D eigenvalue weighted by Gasteiger charge is 2.09. The number of phenols is 1. The summed E-state index contributed by atoms with van der Waals surface area (Å²) in [6.45, 7) is 0. The second-order valence-corrected chi connectivity index (χ2v) is 2.70. The lowest BCUT2D eigenvalue weighted by Crippen LogP contribution is -1.91. The molecule has 3 N–H and O–H groups in total. The van der Waals surface area contributed by atoms with Crippen molar-refractivity contribution in [2.24, 2.45) is 0 Å². The van der Waals surface area contributed by atoms with Crippen molar-refractivity contribution in [3.05, 3.63) is 30.2 Å². The van der Waals surface area contributed by atoms with Crippen LogP contribution < -0.4 is 5.73 Å². The Balaban J connectivity index is 2.97. The summed E-state index contributed by atoms with van der Waals surface area (Å²) in [5.41, 5.74) is 5.55. The predicted octanol–water partition coefficient (Wildman–Crippen LogP) is 1.66. The van der Waals surface area contributed by atoms with Crippen molar-refractivity contribution in [3.63, 3.8) is 0 Å². The van der Waals surface area contributed by atoms with Crippen LogP contribution in [0.1, 0.15) is 0 Å². The van der Waals surface area contributed by atoms with Crippen LogP contribution in [-0.4, -0.2) is 10.1 Å². The van der Waals surface area contributed by atoms with E-state index < -0.39 is 5.82 Å². The number of aromatic hydroxyl groups is 1. The van der Waals surface area contributed by atoms with Crippen molar-refractivity contribution in [1.29, 1.82) is 0 Å². The van der Waals surface area contributed by atoms with Gasteiger partial charge in [-0.15, -0.1) is 0 Å². The van der Waals surface area contributed by atoms with Gasteiger partial charge in [0.15, 0.2) is 5.75 Å². The summed E-state index contributed by atoms with van der Waals surface area (Å²) >= 11 is 0. The lowest BCUT2D eigenvalue weighted by Gasteiger charge is -2.03. The topological polar surface area (TPSA) is 59.1 Å². The number of rotatable bonds is 0. The van der Waals surface area contributed by atoms with E-state index in [2.05, 4.69) is 4.98 Å². The van der Waals surface area contributed by atoms with Crippen molar-refractivity contribution >= 4 is 16.6 Å². The van der Waals surface area contributed by atoms with Crippen LogP contribution in [0.15, 0.2) is 24.4 Å². The Labute approximate surface area is 73.6 Å². The zero-order valence-electron chi connectivity index (χ0n) is 6.66. The second kappa shape index (κ2) is 2.58. The Morgan fingerprint density at radius 1 is 1.46 bits per heavy atom. The van der Waals surface area contributed by atoms with Crippen LogP contribution in [0.2, 0.25) is 0 Å². The average molecular weight is 178 g/mol. The summed E-state index contributed by atoms with van der Waals surface area (Å²) in [6, 6.07) is 4.22. The average Bonchev–Trinajstić information content (AvgIpc) is 2.15. The van der Waals surface area contributed by atoms with E-state index >= 15 is 0 Å². The molecule has 0 saturated carbocycles. The molecule has 2 rings (SSSR count). The number of aromatic nitrogens is 1. The van der Waals surface area contributed by atoms with Gasteiger partial charge in [-0.3, -0.25) is 4.98 Å². The first-order chi connectivity index (χ1) is 6.20. The smallest absolute Gasteiger partial charge is 0.165 e. The van der Waals surface area contributed by atoms with Crippen LogP contribution in [0.5, 0.6) is 5.75 Å². The lowest BCUT2D eigenvalue weighted by atomic mass is 10.2. The van der Waals surface area contributed by atoms with Crippen LogP contribution in [-0.2, 0) is 0 Å². The molecular weight excluding hydrogens is 171 g/mol. The highest BCUT2D eigenvalue weighted by atomic mass is 19.1. The first-order valence-corrected chi connectivity index (χ1v) is 3.72. The van der Waals surface area contributed by atoms with E-state index in [1.165, 1.54) is 12.3 Å². The Morgan fingerprint density at radius 2 is 2.23 bits per heavy atom. The van der Waals surface area contributed by atoms with Gasteiger partial charge in [0.1, 0.15) is 11.3 Å². The van der Waals surface area contributed by atoms with Gasteiger partial charge < -0.3 is 10.8 Å². The number of nitrogen functional groups attached to an aromatic ring is 1. The molecule has 13 heavy (non-hydrogen) atoms. The van der Waals surface area contributed by atoms with Crippen LogP contribution in [0, 0.1) is 5.82 Å². The van der Waals surface area contributed by atoms with Gasteiger partial charge >= 0.3 is 0 Å². The molecule has 0 spiro atoms. The van der Waals surface area contributed by atoms with E-state index in [1.54, 1.807) is 6.07 Å². The molecule has 1 aromatic carbocycles. The fraction of sp³-hybridized carbons (Fsp3) is 0. The number of hydrogen-bond acceptors (Lipinski definition) is 3. The van der Waals surface area contributed by atoms with Crippen molar-refractivity contribution < 1.29 is 9.50 Å². The zero-order chi connectivity index (χ0) is 9.42. The van der Waals surface area contributed by atoms with Crippen molar-refractivity contribution in [1.82, 2.24) is 4.98 Å². The molecule has 0 aliphatic rings. The number of pyridine rings is 1. The third-order valence-electron chi connectivity index (χ3n) is 1.84. The predicted molar refractivity (Wildman–Crippen MR) is 47.8 cm³/mol. The number of halogens is 1. The van der Waals surface area contributed by atoms with Crippen molar-refractivity contribution in [2.45, 2.75) is 0 Å². The molecule has 0 fully saturated rings. The van der Waals surface area contributed by atoms with E-state index in [0.29, 0.717) is 0 Å². The number of anilines is 1. The largest absolute Gasteiger partial charge is 0.504 e. The minimum atomic E-state index is -0.474. The van der Waals surface area contributed by atoms with Crippen molar-refractivity contribution in [2.75, 3.05) is 5.73 Å². The Hall–Kier alpha value is -1.84. The van der Waals surface area contributed by atoms with Gasteiger partial charge in [-0.2, -0.15) is 0 Å². The number of hydrogen-bond donors (Lipinski definition) is 2. The fourth-order valence-corrected chi connectivity index (χ4v) is 1.21. The number of fused-ring (bicyclic) bond motifs is 1. The maximum atomic E-state index is 13.2. The summed E-state index contributed by atoms with van der Waals surface area (Å²) in [7, 11) is 0. The number of benzene rings is 1. The lowest BCUT2D eigenvalue weighted by molar-refractivity contribution is 0.481. The molecule has 0 unspecified atom stereocenters. The monoisotopic (exact) mass is 178 g/mol. The van der Waals surface area contributed by atoms with E-state index in [-0.39, 0.29) is 22.3 Å². The molecule has 4 heteroatoms. The molecule has 0 aliphatic heterocycles. The standard InChI is InChI=1S/C9H7FN2O/c10-6-4-7(11)9(13)8-5(6)2-1-3-12-8/h1-4,13H,11H2. The highest BCUT2D eigenvalue weighted by Crippen LogP contribution is 2.30. The highest BCUT2D eigenvalue weighted by molar-refractivity contribution is 5.89. The maximum absolute atomic E-state index is 13.2. The van der Waals surface area contributed by atoms with Crippen LogP contribution in [0.25, 0.3) is 10.9 Å². The molecule has 1 heterocycles. The van der Waals surface area contributed by atoms with Gasteiger partial charge in [-0.05, 0) is 12.1 Å². The molecule has 66 valence electrons. The maximum Gasteiger partial charge on any atom is 0.165 e. The zero-order valence-corrected chi connectivity index (χ0v) is 6.66. The van der Waals surface area contributed by atoms with Crippen LogP contribution in [0.3, 0.4) is 0 Å². The quantitative estimate of drug-likeness (QED) is 0.476. The van der Waals surface area contributed by atoms with Gasteiger partial charge in [0, 0.05) is 17.6 Å². The van der Waals surface area contributed by atoms with Gasteiger partial charge in [0.2, 0.25) is 0 Å². The number of nitrogens with zero attached hydrogens (tertiary/aromatic N) is 1. The molecule has 0 amide bonds. The van der Waals surface area contributed by atoms with Crippen LogP contribution >= 0.6 is 0 Å². The normalized spacial score (nSPS) is 10.5. The van der Waals surface area contributed by atoms with Gasteiger partial charge in [-0.25, -0.2) is 4.39 Å². The minimum absolute atomic E-state index is 0.00343. The molecular formula is C9H7FN2O. The molecule has 2 aromatic rings. The Morgan fingerprint density at radius 3 is 3.00 bits per heavy atom. The molecule has 0 aliphatic carbocycles. The Bertz CT molecular complexity index is 470. The summed E-state index contributed by atoms with van der Waals surface area (Å²) in [4.78, 5) is 3.83. The van der Waals surface area contributed by atoms with Crippen molar-refractivity contribution in [3.8, 4) is 5.75 Å². The van der Waals surface area contributed by atoms with E-state index in [1.807, 2.05) is 0 Å². The first kappa shape index (κ1) is 7.79. The van der Waals surface area contributed by atoms with Crippen LogP contribution in [0.4, 0.5) is 10.1 Å². The summed E-state index contributed by atoms with van der Waals surface area (Å²) in [6.07, 6.45) is 1.47. The molecule has 3 nitrogen and oxygen atoms in total. The van der Waals surface area contributed by atoms with Gasteiger partial charge in [0.25, 0.3) is 0 Å². The first-order valence-electron chi connectivity index (χ1n) is 3.72. The second-order valence-electron chi connectivity index (χ2n) is 2.70. The Kier molecular flexibility index (Phi) is 1.55. The number of nitrogens with two attached hydrogens (primary N) is 1. The molecule has 0 atom stereocenters. The molecule has 0 saturated heterocycles. The molecule has 0 radical (unpaired) electrons. The third-order valence-corrected chi connectivity index (χ3v) is 1.84. The van der Waals surface area contributed by atoms with E-state index in [0.717, 1.165) is 6.07 Å².